The van der Waals surface area contributed by atoms with Crippen molar-refractivity contribution in [2.45, 2.75) is 40.2 Å². The van der Waals surface area contributed by atoms with E-state index in [1.807, 2.05) is 29.8 Å². The van der Waals surface area contributed by atoms with Crippen LogP contribution in [0.1, 0.15) is 42.3 Å². The van der Waals surface area contributed by atoms with Gasteiger partial charge in [0, 0.05) is 23.5 Å². The first-order valence-electron chi connectivity index (χ1n) is 9.21. The highest BCUT2D eigenvalue weighted by Gasteiger charge is 2.13. The molecular formula is C22H26N4S. The molecule has 5 heteroatoms. The van der Waals surface area contributed by atoms with Gasteiger partial charge in [-0.15, -0.1) is 0 Å². The highest BCUT2D eigenvalue weighted by Crippen LogP contribution is 2.19. The van der Waals surface area contributed by atoms with Gasteiger partial charge in [0.05, 0.1) is 11.4 Å². The number of thiocarbonyl (C=S) groups is 1. The fraction of sp³-hybridized carbons (Fsp3) is 0.273. The van der Waals surface area contributed by atoms with Crippen LogP contribution in [0.2, 0.25) is 0 Å². The fourth-order valence-corrected chi connectivity index (χ4v) is 3.24. The van der Waals surface area contributed by atoms with Crippen molar-refractivity contribution < 1.29 is 0 Å². The number of hydrogen-bond acceptors (Lipinski definition) is 2. The van der Waals surface area contributed by atoms with Crippen molar-refractivity contribution >= 4 is 23.0 Å². The van der Waals surface area contributed by atoms with Crippen molar-refractivity contribution in [3.05, 3.63) is 77.1 Å². The molecule has 27 heavy (non-hydrogen) atoms. The minimum Gasteiger partial charge on any atom is -0.358 e. The predicted octanol–water partition coefficient (Wildman–Crippen LogP) is 5.10. The Morgan fingerprint density at radius 1 is 1.04 bits per heavy atom. The Balaban J connectivity index is 1.64. The standard InChI is InChI=1S/C22H26N4S/c1-15(2)18-10-12-19(13-11-18)24-22(27)23-14-21-16(3)25-26(17(21)4)20-8-6-5-7-9-20/h5-13,15H,14H2,1-4H3,(H2,23,24,27). The maximum atomic E-state index is 5.46. The lowest BCUT2D eigenvalue weighted by Crippen LogP contribution is -2.28. The number of aromatic nitrogens is 2. The van der Waals surface area contributed by atoms with Crippen LogP contribution < -0.4 is 10.6 Å². The highest BCUT2D eigenvalue weighted by molar-refractivity contribution is 7.80. The van der Waals surface area contributed by atoms with Gasteiger partial charge in [0.2, 0.25) is 0 Å². The topological polar surface area (TPSA) is 41.9 Å². The molecule has 0 amide bonds. The summed E-state index contributed by atoms with van der Waals surface area (Å²) in [5, 5.41) is 11.8. The molecule has 0 bridgehead atoms. The van der Waals surface area contributed by atoms with Crippen LogP contribution in [-0.2, 0) is 6.54 Å². The molecule has 2 aromatic carbocycles. The number of rotatable bonds is 5. The lowest BCUT2D eigenvalue weighted by atomic mass is 10.0. The minimum absolute atomic E-state index is 0.524. The predicted molar refractivity (Wildman–Crippen MR) is 117 cm³/mol. The van der Waals surface area contributed by atoms with Crippen LogP contribution in [0.25, 0.3) is 5.69 Å². The van der Waals surface area contributed by atoms with Gasteiger partial charge < -0.3 is 10.6 Å². The number of benzene rings is 2. The Morgan fingerprint density at radius 2 is 1.70 bits per heavy atom. The molecule has 2 N–H and O–H groups in total. The third-order valence-electron chi connectivity index (χ3n) is 4.70. The first-order valence-corrected chi connectivity index (χ1v) is 9.62. The molecule has 3 rings (SSSR count). The summed E-state index contributed by atoms with van der Waals surface area (Å²) in [6.45, 7) is 9.14. The molecule has 140 valence electrons. The summed E-state index contributed by atoms with van der Waals surface area (Å²) in [5.74, 6) is 0.524. The van der Waals surface area contributed by atoms with Gasteiger partial charge in [0.15, 0.2) is 5.11 Å². The average Bonchev–Trinajstić information content (AvgIpc) is 2.95. The number of hydrogen-bond donors (Lipinski definition) is 2. The van der Waals surface area contributed by atoms with Gasteiger partial charge in [-0.25, -0.2) is 4.68 Å². The van der Waals surface area contributed by atoms with Crippen LogP contribution in [-0.4, -0.2) is 14.9 Å². The lowest BCUT2D eigenvalue weighted by molar-refractivity contribution is 0.830. The summed E-state index contributed by atoms with van der Waals surface area (Å²) in [7, 11) is 0. The van der Waals surface area contributed by atoms with Gasteiger partial charge in [-0.3, -0.25) is 0 Å². The van der Waals surface area contributed by atoms with E-state index in [-0.39, 0.29) is 0 Å². The molecule has 0 aliphatic carbocycles. The summed E-state index contributed by atoms with van der Waals surface area (Å²) in [5.41, 5.74) is 6.67. The average molecular weight is 379 g/mol. The largest absolute Gasteiger partial charge is 0.358 e. The van der Waals surface area contributed by atoms with E-state index < -0.39 is 0 Å². The molecule has 4 nitrogen and oxygen atoms in total. The summed E-state index contributed by atoms with van der Waals surface area (Å²) in [6, 6.07) is 18.6. The highest BCUT2D eigenvalue weighted by atomic mass is 32.1. The first-order chi connectivity index (χ1) is 13.0. The molecule has 3 aromatic rings. The van der Waals surface area contributed by atoms with Crippen LogP contribution in [0.15, 0.2) is 54.6 Å². The Labute approximate surface area is 166 Å². The molecule has 0 aliphatic heterocycles. The quantitative estimate of drug-likeness (QED) is 0.606. The van der Waals surface area contributed by atoms with Gasteiger partial charge in [-0.1, -0.05) is 44.2 Å². The van der Waals surface area contributed by atoms with Gasteiger partial charge >= 0.3 is 0 Å². The summed E-state index contributed by atoms with van der Waals surface area (Å²) < 4.78 is 1.98. The Hall–Kier alpha value is -2.66. The van der Waals surface area contributed by atoms with Crippen LogP contribution in [0, 0.1) is 13.8 Å². The van der Waals surface area contributed by atoms with Crippen LogP contribution >= 0.6 is 12.2 Å². The van der Waals surface area contributed by atoms with E-state index in [2.05, 4.69) is 72.9 Å². The molecule has 0 fully saturated rings. The Bertz CT molecular complexity index is 911. The maximum Gasteiger partial charge on any atom is 0.171 e. The summed E-state index contributed by atoms with van der Waals surface area (Å²) in [6.07, 6.45) is 0. The van der Waals surface area contributed by atoms with Crippen molar-refractivity contribution in [3.63, 3.8) is 0 Å². The number of para-hydroxylation sites is 1. The van der Waals surface area contributed by atoms with Crippen molar-refractivity contribution in [2.75, 3.05) is 5.32 Å². The second-order valence-corrected chi connectivity index (χ2v) is 7.39. The fourth-order valence-electron chi connectivity index (χ4n) is 3.05. The van der Waals surface area contributed by atoms with E-state index in [4.69, 9.17) is 12.2 Å². The Morgan fingerprint density at radius 3 is 2.33 bits per heavy atom. The number of aryl methyl sites for hydroxylation is 1. The third-order valence-corrected chi connectivity index (χ3v) is 4.95. The Kier molecular flexibility index (Phi) is 5.91. The zero-order valence-corrected chi connectivity index (χ0v) is 17.1. The maximum absolute atomic E-state index is 5.46. The number of anilines is 1. The third kappa shape index (κ3) is 4.55. The van der Waals surface area contributed by atoms with Crippen molar-refractivity contribution in [2.24, 2.45) is 0 Å². The molecule has 0 radical (unpaired) electrons. The van der Waals surface area contributed by atoms with E-state index in [1.54, 1.807) is 0 Å². The first kappa shape index (κ1) is 19.1. The van der Waals surface area contributed by atoms with Gasteiger partial charge in [-0.2, -0.15) is 5.10 Å². The second kappa shape index (κ2) is 8.35. The second-order valence-electron chi connectivity index (χ2n) is 6.98. The van der Waals surface area contributed by atoms with E-state index in [9.17, 15) is 0 Å². The summed E-state index contributed by atoms with van der Waals surface area (Å²) >= 11 is 5.46. The summed E-state index contributed by atoms with van der Waals surface area (Å²) in [4.78, 5) is 0. The zero-order chi connectivity index (χ0) is 19.4. The zero-order valence-electron chi connectivity index (χ0n) is 16.3. The van der Waals surface area contributed by atoms with Gasteiger partial charge in [0.25, 0.3) is 0 Å². The smallest absolute Gasteiger partial charge is 0.171 e. The molecule has 0 aliphatic rings. The van der Waals surface area contributed by atoms with E-state index in [0.717, 1.165) is 28.3 Å². The molecule has 0 saturated carbocycles. The molecular weight excluding hydrogens is 352 g/mol. The molecule has 1 aromatic heterocycles. The SMILES string of the molecule is Cc1nn(-c2ccccc2)c(C)c1CNC(=S)Nc1ccc(C(C)C)cc1. The molecule has 0 spiro atoms. The molecule has 1 heterocycles. The number of nitrogens with zero attached hydrogens (tertiary/aromatic N) is 2. The lowest BCUT2D eigenvalue weighted by Gasteiger charge is -2.12. The van der Waals surface area contributed by atoms with Crippen LogP contribution in [0.3, 0.4) is 0 Å². The number of nitrogens with one attached hydrogen (secondary N) is 2. The van der Waals surface area contributed by atoms with Crippen molar-refractivity contribution in [3.8, 4) is 5.69 Å². The van der Waals surface area contributed by atoms with E-state index in [1.165, 1.54) is 5.56 Å². The van der Waals surface area contributed by atoms with Gasteiger partial charge in [0.1, 0.15) is 0 Å². The van der Waals surface area contributed by atoms with E-state index >= 15 is 0 Å². The van der Waals surface area contributed by atoms with Crippen molar-refractivity contribution in [1.82, 2.24) is 15.1 Å². The van der Waals surface area contributed by atoms with Crippen molar-refractivity contribution in [1.29, 1.82) is 0 Å². The molecule has 0 unspecified atom stereocenters. The van der Waals surface area contributed by atoms with Crippen LogP contribution in [0.4, 0.5) is 5.69 Å². The van der Waals surface area contributed by atoms with Crippen LogP contribution in [0.5, 0.6) is 0 Å². The monoisotopic (exact) mass is 378 g/mol. The van der Waals surface area contributed by atoms with E-state index in [0.29, 0.717) is 17.6 Å². The molecule has 0 atom stereocenters. The normalized spacial score (nSPS) is 10.9. The minimum atomic E-state index is 0.524. The molecule has 0 saturated heterocycles. The van der Waals surface area contributed by atoms with Gasteiger partial charge in [-0.05, 0) is 61.8 Å².